The number of hydrogen-bond acceptors (Lipinski definition) is 4. The lowest BCUT2D eigenvalue weighted by atomic mass is 9.88. The van der Waals surface area contributed by atoms with E-state index in [1.165, 1.54) is 17.0 Å². The molecular formula is C26H22FN3O4. The van der Waals surface area contributed by atoms with E-state index in [1.807, 2.05) is 49.4 Å². The van der Waals surface area contributed by atoms with Gasteiger partial charge in [0.1, 0.15) is 6.61 Å². The van der Waals surface area contributed by atoms with Crippen LogP contribution >= 0.6 is 0 Å². The van der Waals surface area contributed by atoms with Gasteiger partial charge in [0.2, 0.25) is 0 Å². The van der Waals surface area contributed by atoms with Gasteiger partial charge < -0.3 is 15.0 Å². The third kappa shape index (κ3) is 3.77. The average molecular weight is 459 g/mol. The summed E-state index contributed by atoms with van der Waals surface area (Å²) in [5, 5.41) is 4.97. The normalized spacial score (nSPS) is 19.1. The van der Waals surface area contributed by atoms with Crippen LogP contribution in [0.1, 0.15) is 32.6 Å². The maximum atomic E-state index is 14.7. The third-order valence-electron chi connectivity index (χ3n) is 6.19. The number of imide groups is 1. The average Bonchev–Trinajstić information content (AvgIpc) is 3.28. The molecule has 2 heterocycles. The minimum atomic E-state index is -1.44. The topological polar surface area (TPSA) is 87.7 Å². The van der Waals surface area contributed by atoms with E-state index < -0.39 is 29.2 Å². The predicted octanol–water partition coefficient (Wildman–Crippen LogP) is 3.40. The molecule has 0 aromatic heterocycles. The van der Waals surface area contributed by atoms with Gasteiger partial charge in [-0.15, -0.1) is 0 Å². The molecule has 3 aromatic rings. The van der Waals surface area contributed by atoms with E-state index in [9.17, 15) is 18.8 Å². The number of carbonyl (C=O) groups is 3. The smallest absolute Gasteiger partial charge is 0.322 e. The number of nitrogens with one attached hydrogen (secondary N) is 2. The van der Waals surface area contributed by atoms with E-state index in [4.69, 9.17) is 4.74 Å². The van der Waals surface area contributed by atoms with E-state index in [0.29, 0.717) is 11.1 Å². The molecule has 1 atom stereocenters. The summed E-state index contributed by atoms with van der Waals surface area (Å²) in [5.74, 6) is -1.53. The summed E-state index contributed by atoms with van der Waals surface area (Å²) in [4.78, 5) is 39.5. The standard InChI is InChI=1S/C26H22FN3O4/c1-16-7-9-19(10-8-16)26(24(32)28-25(33)29-26)15-30-13-18-11-22(21(27)12-20(18)23(30)31)34-14-17-5-3-2-4-6-17/h2-12H,13-15H2,1H3,(H2,28,29,32,33). The quantitative estimate of drug-likeness (QED) is 0.553. The molecule has 2 aliphatic rings. The summed E-state index contributed by atoms with van der Waals surface area (Å²) < 4.78 is 20.4. The maximum absolute atomic E-state index is 14.7. The van der Waals surface area contributed by atoms with Crippen LogP contribution in [-0.2, 0) is 23.5 Å². The van der Waals surface area contributed by atoms with Crippen molar-refractivity contribution in [3.05, 3.63) is 100 Å². The van der Waals surface area contributed by atoms with Crippen LogP contribution < -0.4 is 15.4 Å². The van der Waals surface area contributed by atoms with Crippen molar-refractivity contribution in [3.63, 3.8) is 0 Å². The molecule has 7 nitrogen and oxygen atoms in total. The highest BCUT2D eigenvalue weighted by molar-refractivity contribution is 6.08. The fraction of sp³-hybridized carbons (Fsp3) is 0.192. The molecule has 5 rings (SSSR count). The number of aryl methyl sites for hydroxylation is 1. The van der Waals surface area contributed by atoms with Crippen molar-refractivity contribution in [2.45, 2.75) is 25.6 Å². The lowest BCUT2D eigenvalue weighted by Crippen LogP contribution is -2.52. The van der Waals surface area contributed by atoms with Gasteiger partial charge in [0.15, 0.2) is 17.1 Å². The number of hydrogen-bond donors (Lipinski definition) is 2. The number of rotatable bonds is 6. The number of ether oxygens (including phenoxy) is 1. The number of benzene rings is 3. The second-order valence-corrected chi connectivity index (χ2v) is 8.55. The summed E-state index contributed by atoms with van der Waals surface area (Å²) in [6.45, 7) is 2.17. The van der Waals surface area contributed by atoms with Crippen LogP contribution in [0, 0.1) is 12.7 Å². The van der Waals surface area contributed by atoms with Crippen LogP contribution in [0.15, 0.2) is 66.7 Å². The van der Waals surface area contributed by atoms with Crippen LogP contribution in [0.4, 0.5) is 9.18 Å². The minimum absolute atomic E-state index is 0.0532. The lowest BCUT2D eigenvalue weighted by molar-refractivity contribution is -0.124. The summed E-state index contributed by atoms with van der Waals surface area (Å²) in [6.07, 6.45) is 0. The highest BCUT2D eigenvalue weighted by Crippen LogP contribution is 2.34. The number of urea groups is 1. The third-order valence-corrected chi connectivity index (χ3v) is 6.19. The molecular weight excluding hydrogens is 437 g/mol. The molecule has 3 aromatic carbocycles. The Bertz CT molecular complexity index is 1290. The van der Waals surface area contributed by atoms with Crippen molar-refractivity contribution < 1.29 is 23.5 Å². The Kier molecular flexibility index (Phi) is 5.28. The van der Waals surface area contributed by atoms with Gasteiger partial charge in [-0.3, -0.25) is 14.9 Å². The first kappa shape index (κ1) is 21.6. The largest absolute Gasteiger partial charge is 0.486 e. The molecule has 0 saturated carbocycles. The van der Waals surface area contributed by atoms with Gasteiger partial charge in [0.05, 0.1) is 6.54 Å². The van der Waals surface area contributed by atoms with Crippen LogP contribution in [-0.4, -0.2) is 29.3 Å². The molecule has 8 heteroatoms. The fourth-order valence-corrected chi connectivity index (χ4v) is 4.37. The lowest BCUT2D eigenvalue weighted by Gasteiger charge is -2.31. The van der Waals surface area contributed by atoms with Crippen molar-refractivity contribution >= 4 is 17.8 Å². The maximum Gasteiger partial charge on any atom is 0.322 e. The zero-order valence-corrected chi connectivity index (χ0v) is 18.4. The highest BCUT2D eigenvalue weighted by Gasteiger charge is 2.50. The summed E-state index contributed by atoms with van der Waals surface area (Å²) in [5.41, 5.74) is 1.82. The van der Waals surface area contributed by atoms with Crippen molar-refractivity contribution in [1.29, 1.82) is 0 Å². The minimum Gasteiger partial charge on any atom is -0.486 e. The van der Waals surface area contributed by atoms with Gasteiger partial charge in [-0.2, -0.15) is 0 Å². The van der Waals surface area contributed by atoms with Crippen molar-refractivity contribution in [1.82, 2.24) is 15.5 Å². The summed E-state index contributed by atoms with van der Waals surface area (Å²) in [6, 6.07) is 18.6. The number of halogens is 1. The molecule has 34 heavy (non-hydrogen) atoms. The number of nitrogens with zero attached hydrogens (tertiary/aromatic N) is 1. The Morgan fingerprint density at radius 2 is 1.76 bits per heavy atom. The van der Waals surface area contributed by atoms with Crippen molar-refractivity contribution in [2.24, 2.45) is 0 Å². The molecule has 4 amide bonds. The van der Waals surface area contributed by atoms with E-state index >= 15 is 0 Å². The first-order valence-electron chi connectivity index (χ1n) is 10.8. The Hall–Kier alpha value is -4.20. The zero-order chi connectivity index (χ0) is 23.9. The van der Waals surface area contributed by atoms with E-state index in [0.717, 1.165) is 11.1 Å². The number of amides is 4. The monoisotopic (exact) mass is 459 g/mol. The van der Waals surface area contributed by atoms with Gasteiger partial charge in [-0.1, -0.05) is 60.2 Å². The Morgan fingerprint density at radius 3 is 2.44 bits per heavy atom. The second kappa shape index (κ2) is 8.30. The molecule has 1 unspecified atom stereocenters. The van der Waals surface area contributed by atoms with E-state index in [-0.39, 0.29) is 31.0 Å². The molecule has 0 aliphatic carbocycles. The summed E-state index contributed by atoms with van der Waals surface area (Å²) in [7, 11) is 0. The molecule has 2 N–H and O–H groups in total. The van der Waals surface area contributed by atoms with Crippen molar-refractivity contribution in [3.8, 4) is 5.75 Å². The van der Waals surface area contributed by atoms with Gasteiger partial charge in [0.25, 0.3) is 11.8 Å². The Morgan fingerprint density at radius 1 is 1.03 bits per heavy atom. The molecule has 0 radical (unpaired) electrons. The number of fused-ring (bicyclic) bond motifs is 1. The van der Waals surface area contributed by atoms with Crippen LogP contribution in [0.3, 0.4) is 0 Å². The highest BCUT2D eigenvalue weighted by atomic mass is 19.1. The van der Waals surface area contributed by atoms with Crippen LogP contribution in [0.25, 0.3) is 0 Å². The van der Waals surface area contributed by atoms with Gasteiger partial charge in [0, 0.05) is 12.1 Å². The predicted molar refractivity (Wildman–Crippen MR) is 121 cm³/mol. The van der Waals surface area contributed by atoms with Crippen LogP contribution in [0.5, 0.6) is 5.75 Å². The molecule has 172 valence electrons. The number of carbonyl (C=O) groups excluding carboxylic acids is 3. The van der Waals surface area contributed by atoms with Gasteiger partial charge >= 0.3 is 6.03 Å². The Labute approximate surface area is 195 Å². The molecule has 0 bridgehead atoms. The fourth-order valence-electron chi connectivity index (χ4n) is 4.37. The molecule has 0 spiro atoms. The second-order valence-electron chi connectivity index (χ2n) is 8.55. The molecule has 1 saturated heterocycles. The van der Waals surface area contributed by atoms with E-state index in [1.54, 1.807) is 12.1 Å². The van der Waals surface area contributed by atoms with Crippen molar-refractivity contribution in [2.75, 3.05) is 6.54 Å². The summed E-state index contributed by atoms with van der Waals surface area (Å²) >= 11 is 0. The first-order valence-corrected chi connectivity index (χ1v) is 10.8. The van der Waals surface area contributed by atoms with E-state index in [2.05, 4.69) is 10.6 Å². The van der Waals surface area contributed by atoms with Gasteiger partial charge in [-0.25, -0.2) is 9.18 Å². The SMILES string of the molecule is Cc1ccc(C2(CN3Cc4cc(OCc5ccccc5)c(F)cc4C3=O)NC(=O)NC2=O)cc1. The molecule has 2 aliphatic heterocycles. The first-order chi connectivity index (χ1) is 16.4. The van der Waals surface area contributed by atoms with Crippen LogP contribution in [0.2, 0.25) is 0 Å². The zero-order valence-electron chi connectivity index (χ0n) is 18.4. The Balaban J connectivity index is 1.40. The molecule has 1 fully saturated rings. The van der Waals surface area contributed by atoms with Gasteiger partial charge in [-0.05, 0) is 35.7 Å².